The van der Waals surface area contributed by atoms with Crippen LogP contribution in [-0.4, -0.2) is 19.7 Å². The lowest BCUT2D eigenvalue weighted by Crippen LogP contribution is -2.00. The van der Waals surface area contributed by atoms with E-state index < -0.39 is 0 Å². The maximum absolute atomic E-state index is 9.32. The molecular weight excluding hydrogens is 390 g/mol. The molecule has 7 heteroatoms. The predicted octanol–water partition coefficient (Wildman–Crippen LogP) is 5.15. The van der Waals surface area contributed by atoms with Crippen molar-refractivity contribution in [2.75, 3.05) is 0 Å². The van der Waals surface area contributed by atoms with Crippen LogP contribution in [0.15, 0.2) is 78.2 Å². The molecule has 0 saturated heterocycles. The summed E-state index contributed by atoms with van der Waals surface area (Å²) in [5.74, 6) is 1.29. The summed E-state index contributed by atoms with van der Waals surface area (Å²) in [5.41, 5.74) is 3.35. The molecule has 0 unspecified atom stereocenters. The van der Waals surface area contributed by atoms with Gasteiger partial charge in [0.15, 0.2) is 11.0 Å². The van der Waals surface area contributed by atoms with Gasteiger partial charge < -0.3 is 0 Å². The van der Waals surface area contributed by atoms with Gasteiger partial charge in [-0.1, -0.05) is 47.6 Å². The van der Waals surface area contributed by atoms with Crippen molar-refractivity contribution >= 4 is 23.4 Å². The summed E-state index contributed by atoms with van der Waals surface area (Å²) >= 11 is 7.74. The first-order chi connectivity index (χ1) is 13.8. The first-order valence-electron chi connectivity index (χ1n) is 8.49. The average Bonchev–Trinajstić information content (AvgIpc) is 3.17. The van der Waals surface area contributed by atoms with Crippen LogP contribution in [0.25, 0.3) is 17.1 Å². The molecule has 0 amide bonds. The Morgan fingerprint density at radius 2 is 1.93 bits per heavy atom. The van der Waals surface area contributed by atoms with Crippen molar-refractivity contribution < 1.29 is 0 Å². The van der Waals surface area contributed by atoms with E-state index in [1.54, 1.807) is 12.4 Å². The molecule has 0 aliphatic heterocycles. The van der Waals surface area contributed by atoms with Gasteiger partial charge in [0.05, 0.1) is 17.3 Å². The number of thioether (sulfide) groups is 1. The van der Waals surface area contributed by atoms with E-state index in [0.29, 0.717) is 27.3 Å². The lowest BCUT2D eigenvalue weighted by atomic mass is 10.1. The van der Waals surface area contributed by atoms with Crippen LogP contribution in [0.4, 0.5) is 0 Å². The third kappa shape index (κ3) is 3.77. The Bertz CT molecular complexity index is 1150. The van der Waals surface area contributed by atoms with Crippen LogP contribution in [-0.2, 0) is 5.75 Å². The number of hydrogen-bond acceptors (Lipinski definition) is 5. The molecule has 28 heavy (non-hydrogen) atoms. The molecule has 0 radical (unpaired) electrons. The highest BCUT2D eigenvalue weighted by molar-refractivity contribution is 7.98. The summed E-state index contributed by atoms with van der Waals surface area (Å²) in [6.45, 7) is 0. The van der Waals surface area contributed by atoms with Crippen molar-refractivity contribution in [3.63, 3.8) is 0 Å². The molecule has 0 fully saturated rings. The largest absolute Gasteiger partial charge is 0.270 e. The van der Waals surface area contributed by atoms with Gasteiger partial charge in [-0.2, -0.15) is 5.26 Å². The minimum absolute atomic E-state index is 0.607. The quantitative estimate of drug-likeness (QED) is 0.431. The van der Waals surface area contributed by atoms with E-state index in [1.807, 2.05) is 65.2 Å². The lowest BCUT2D eigenvalue weighted by molar-refractivity contribution is 0.886. The maximum Gasteiger partial charge on any atom is 0.196 e. The monoisotopic (exact) mass is 403 g/mol. The zero-order chi connectivity index (χ0) is 19.3. The number of pyridine rings is 1. The predicted molar refractivity (Wildman–Crippen MR) is 110 cm³/mol. The first kappa shape index (κ1) is 18.2. The van der Waals surface area contributed by atoms with E-state index in [0.717, 1.165) is 16.8 Å². The Morgan fingerprint density at radius 3 is 2.71 bits per heavy atom. The molecule has 0 bridgehead atoms. The van der Waals surface area contributed by atoms with Gasteiger partial charge in [-0.05, 0) is 42.0 Å². The molecular formula is C21H14ClN5S. The second-order valence-electron chi connectivity index (χ2n) is 5.92. The fourth-order valence-electron chi connectivity index (χ4n) is 2.79. The van der Waals surface area contributed by atoms with Gasteiger partial charge in [-0.15, -0.1) is 10.2 Å². The van der Waals surface area contributed by atoms with Crippen LogP contribution in [0.1, 0.15) is 11.1 Å². The smallest absolute Gasteiger partial charge is 0.196 e. The standard InChI is InChI=1S/C21H14ClN5S/c22-18-8-3-9-19(11-18)27-20(16-7-4-10-24-13-16)25-26-21(27)28-14-17-6-2-1-5-15(17)12-23/h1-11,13H,14H2. The number of nitrogens with zero attached hydrogens (tertiary/aromatic N) is 5. The van der Waals surface area contributed by atoms with E-state index in [-0.39, 0.29) is 0 Å². The van der Waals surface area contributed by atoms with E-state index in [9.17, 15) is 5.26 Å². The Hall–Kier alpha value is -3.14. The SMILES string of the molecule is N#Cc1ccccc1CSc1nnc(-c2cccnc2)n1-c1cccc(Cl)c1. The van der Waals surface area contributed by atoms with Gasteiger partial charge in [0.1, 0.15) is 0 Å². The van der Waals surface area contributed by atoms with E-state index in [1.165, 1.54) is 11.8 Å². The Morgan fingerprint density at radius 1 is 1.04 bits per heavy atom. The van der Waals surface area contributed by atoms with Crippen LogP contribution in [0, 0.1) is 11.3 Å². The molecule has 0 spiro atoms. The molecule has 4 aromatic rings. The molecule has 0 N–H and O–H groups in total. The number of nitriles is 1. The summed E-state index contributed by atoms with van der Waals surface area (Å²) in [6, 6.07) is 21.2. The fraction of sp³-hybridized carbons (Fsp3) is 0.0476. The summed E-state index contributed by atoms with van der Waals surface area (Å²) in [7, 11) is 0. The molecule has 136 valence electrons. The Labute approximate surface area is 171 Å². The van der Waals surface area contributed by atoms with Crippen molar-refractivity contribution in [2.45, 2.75) is 10.9 Å². The number of rotatable bonds is 5. The molecule has 5 nitrogen and oxygen atoms in total. The molecule has 2 aromatic carbocycles. The summed E-state index contributed by atoms with van der Waals surface area (Å²) in [5, 5.41) is 19.5. The van der Waals surface area contributed by atoms with Crippen molar-refractivity contribution in [3.8, 4) is 23.1 Å². The fourth-order valence-corrected chi connectivity index (χ4v) is 3.93. The molecule has 2 aromatic heterocycles. The second-order valence-corrected chi connectivity index (χ2v) is 7.30. The highest BCUT2D eigenvalue weighted by atomic mass is 35.5. The highest BCUT2D eigenvalue weighted by Gasteiger charge is 2.17. The molecule has 2 heterocycles. The molecule has 4 rings (SSSR count). The van der Waals surface area contributed by atoms with Gasteiger partial charge >= 0.3 is 0 Å². The Balaban J connectivity index is 1.75. The molecule has 0 aliphatic rings. The normalized spacial score (nSPS) is 10.6. The summed E-state index contributed by atoms with van der Waals surface area (Å²) < 4.78 is 1.96. The minimum atomic E-state index is 0.607. The third-order valence-corrected chi connectivity index (χ3v) is 5.33. The number of aromatic nitrogens is 4. The van der Waals surface area contributed by atoms with Crippen molar-refractivity contribution in [2.24, 2.45) is 0 Å². The number of benzene rings is 2. The highest BCUT2D eigenvalue weighted by Crippen LogP contribution is 2.30. The van der Waals surface area contributed by atoms with Crippen LogP contribution < -0.4 is 0 Å². The zero-order valence-electron chi connectivity index (χ0n) is 14.7. The minimum Gasteiger partial charge on any atom is -0.270 e. The van der Waals surface area contributed by atoms with E-state index in [4.69, 9.17) is 11.6 Å². The number of halogens is 1. The van der Waals surface area contributed by atoms with Crippen molar-refractivity contribution in [1.29, 1.82) is 5.26 Å². The Kier molecular flexibility index (Phi) is 5.38. The van der Waals surface area contributed by atoms with Gasteiger partial charge in [0.25, 0.3) is 0 Å². The first-order valence-corrected chi connectivity index (χ1v) is 9.85. The third-order valence-electron chi connectivity index (χ3n) is 4.11. The zero-order valence-corrected chi connectivity index (χ0v) is 16.2. The van der Waals surface area contributed by atoms with Crippen molar-refractivity contribution in [3.05, 3.63) is 89.2 Å². The lowest BCUT2D eigenvalue weighted by Gasteiger charge is -2.11. The van der Waals surface area contributed by atoms with Crippen molar-refractivity contribution in [1.82, 2.24) is 19.7 Å². The summed E-state index contributed by atoms with van der Waals surface area (Å²) in [4.78, 5) is 4.19. The van der Waals surface area contributed by atoms with E-state index >= 15 is 0 Å². The van der Waals surface area contributed by atoms with Crippen LogP contribution in [0.3, 0.4) is 0 Å². The molecule has 0 atom stereocenters. The number of hydrogen-bond donors (Lipinski definition) is 0. The molecule has 0 saturated carbocycles. The topological polar surface area (TPSA) is 67.4 Å². The maximum atomic E-state index is 9.32. The summed E-state index contributed by atoms with van der Waals surface area (Å²) in [6.07, 6.45) is 3.47. The average molecular weight is 404 g/mol. The van der Waals surface area contributed by atoms with E-state index in [2.05, 4.69) is 21.3 Å². The van der Waals surface area contributed by atoms with Gasteiger partial charge in [-0.25, -0.2) is 0 Å². The van der Waals surface area contributed by atoms with Crippen LogP contribution >= 0.6 is 23.4 Å². The van der Waals surface area contributed by atoms with Crippen LogP contribution in [0.5, 0.6) is 0 Å². The molecule has 0 aliphatic carbocycles. The second kappa shape index (κ2) is 8.26. The van der Waals surface area contributed by atoms with Gasteiger partial charge in [0.2, 0.25) is 0 Å². The van der Waals surface area contributed by atoms with Gasteiger partial charge in [-0.3, -0.25) is 9.55 Å². The van der Waals surface area contributed by atoms with Gasteiger partial charge in [0, 0.05) is 28.7 Å². The van der Waals surface area contributed by atoms with Crippen LogP contribution in [0.2, 0.25) is 5.02 Å².